The summed E-state index contributed by atoms with van der Waals surface area (Å²) in [6.45, 7) is 12.0. The zero-order valence-corrected chi connectivity index (χ0v) is 12.9. The number of hydrogen-bond donors (Lipinski definition) is 0. The first-order valence-corrected chi connectivity index (χ1v) is 7.69. The molecule has 3 rings (SSSR count). The Morgan fingerprint density at radius 2 is 1.80 bits per heavy atom. The molecular formula is C15H25N5. The van der Waals surface area contributed by atoms with Gasteiger partial charge in [0.1, 0.15) is 11.6 Å². The van der Waals surface area contributed by atoms with Crippen LogP contribution in [0.5, 0.6) is 0 Å². The van der Waals surface area contributed by atoms with E-state index in [9.17, 15) is 0 Å². The minimum atomic E-state index is 0.909. The lowest BCUT2D eigenvalue weighted by Gasteiger charge is -2.37. The molecule has 3 heterocycles. The number of piperazine rings is 1. The summed E-state index contributed by atoms with van der Waals surface area (Å²) in [5.41, 5.74) is 2.62. The van der Waals surface area contributed by atoms with Gasteiger partial charge in [-0.1, -0.05) is 6.92 Å². The number of aromatic nitrogens is 2. The third-order valence-electron chi connectivity index (χ3n) is 4.46. The lowest BCUT2D eigenvalue weighted by Crippen LogP contribution is -2.47. The van der Waals surface area contributed by atoms with Gasteiger partial charge in [0.15, 0.2) is 0 Å². The molecule has 0 aromatic carbocycles. The van der Waals surface area contributed by atoms with Gasteiger partial charge in [0, 0.05) is 44.8 Å². The number of aryl methyl sites for hydroxylation is 1. The number of nitrogens with zero attached hydrogens (tertiary/aromatic N) is 5. The summed E-state index contributed by atoms with van der Waals surface area (Å²) in [7, 11) is 2.17. The molecule has 0 N–H and O–H groups in total. The van der Waals surface area contributed by atoms with Crippen molar-refractivity contribution in [3.63, 3.8) is 0 Å². The Balaban J connectivity index is 1.86. The Morgan fingerprint density at radius 1 is 1.05 bits per heavy atom. The number of anilines is 1. The first-order valence-electron chi connectivity index (χ1n) is 7.69. The van der Waals surface area contributed by atoms with Crippen molar-refractivity contribution in [2.75, 3.05) is 51.2 Å². The van der Waals surface area contributed by atoms with Gasteiger partial charge in [0.25, 0.3) is 0 Å². The molecule has 0 amide bonds. The molecule has 1 saturated heterocycles. The predicted octanol–water partition coefficient (Wildman–Crippen LogP) is 0.915. The van der Waals surface area contributed by atoms with Crippen LogP contribution in [-0.2, 0) is 13.0 Å². The van der Waals surface area contributed by atoms with Crippen molar-refractivity contribution in [3.8, 4) is 0 Å². The van der Waals surface area contributed by atoms with Crippen molar-refractivity contribution < 1.29 is 0 Å². The van der Waals surface area contributed by atoms with Gasteiger partial charge < -0.3 is 14.7 Å². The Bertz CT molecular complexity index is 479. The first kappa shape index (κ1) is 13.8. The van der Waals surface area contributed by atoms with Gasteiger partial charge in [-0.3, -0.25) is 0 Å². The molecule has 0 saturated carbocycles. The van der Waals surface area contributed by atoms with Crippen LogP contribution in [0, 0.1) is 6.92 Å². The van der Waals surface area contributed by atoms with Crippen molar-refractivity contribution in [1.82, 2.24) is 19.8 Å². The van der Waals surface area contributed by atoms with E-state index in [4.69, 9.17) is 4.98 Å². The molecular weight excluding hydrogens is 250 g/mol. The zero-order chi connectivity index (χ0) is 14.1. The van der Waals surface area contributed by atoms with Crippen molar-refractivity contribution in [1.29, 1.82) is 0 Å². The van der Waals surface area contributed by atoms with Crippen LogP contribution in [0.1, 0.15) is 24.0 Å². The quantitative estimate of drug-likeness (QED) is 0.802. The smallest absolute Gasteiger partial charge is 0.135 e. The molecule has 0 spiro atoms. The SMILES string of the molecule is CCN1CCN(c2nc(C)nc3c2CCN(C)C3)CC1. The minimum absolute atomic E-state index is 0.909. The van der Waals surface area contributed by atoms with E-state index in [1.165, 1.54) is 17.1 Å². The van der Waals surface area contributed by atoms with E-state index in [0.717, 1.165) is 58.1 Å². The number of hydrogen-bond acceptors (Lipinski definition) is 5. The fourth-order valence-electron chi connectivity index (χ4n) is 3.20. The Hall–Kier alpha value is -1.20. The molecule has 5 nitrogen and oxygen atoms in total. The van der Waals surface area contributed by atoms with Crippen LogP contribution in [0.25, 0.3) is 0 Å². The summed E-state index contributed by atoms with van der Waals surface area (Å²) in [5.74, 6) is 2.11. The molecule has 5 heteroatoms. The molecule has 1 aromatic heterocycles. The second-order valence-corrected chi connectivity index (χ2v) is 5.93. The molecule has 1 fully saturated rings. The van der Waals surface area contributed by atoms with E-state index < -0.39 is 0 Å². The minimum Gasteiger partial charge on any atom is -0.354 e. The van der Waals surface area contributed by atoms with Gasteiger partial charge in [0.05, 0.1) is 5.69 Å². The lowest BCUT2D eigenvalue weighted by atomic mass is 10.0. The number of likely N-dealkylation sites (N-methyl/N-ethyl adjacent to an activating group) is 2. The van der Waals surface area contributed by atoms with Crippen LogP contribution in [0.4, 0.5) is 5.82 Å². The Morgan fingerprint density at radius 3 is 2.50 bits per heavy atom. The average molecular weight is 275 g/mol. The molecule has 2 aliphatic rings. The van der Waals surface area contributed by atoms with Gasteiger partial charge in [0.2, 0.25) is 0 Å². The Kier molecular flexibility index (Phi) is 3.89. The van der Waals surface area contributed by atoms with E-state index in [0.29, 0.717) is 0 Å². The summed E-state index contributed by atoms with van der Waals surface area (Å²) in [4.78, 5) is 16.7. The van der Waals surface area contributed by atoms with Gasteiger partial charge in [-0.05, 0) is 26.9 Å². The van der Waals surface area contributed by atoms with Gasteiger partial charge in [-0.25, -0.2) is 9.97 Å². The molecule has 0 radical (unpaired) electrons. The standard InChI is InChI=1S/C15H25N5/c1-4-19-7-9-20(10-8-19)15-13-5-6-18(3)11-14(13)16-12(2)17-15/h4-11H2,1-3H3. The Labute approximate surface area is 121 Å². The number of rotatable bonds is 2. The summed E-state index contributed by atoms with van der Waals surface area (Å²) in [5, 5.41) is 0. The molecule has 1 aromatic rings. The second kappa shape index (κ2) is 5.66. The lowest BCUT2D eigenvalue weighted by molar-refractivity contribution is 0.269. The van der Waals surface area contributed by atoms with E-state index >= 15 is 0 Å². The van der Waals surface area contributed by atoms with Crippen molar-refractivity contribution in [2.24, 2.45) is 0 Å². The normalized spacial score (nSPS) is 21.1. The molecule has 0 bridgehead atoms. The van der Waals surface area contributed by atoms with Crippen molar-refractivity contribution >= 4 is 5.82 Å². The maximum absolute atomic E-state index is 4.76. The van der Waals surface area contributed by atoms with Crippen LogP contribution >= 0.6 is 0 Å². The van der Waals surface area contributed by atoms with Gasteiger partial charge in [-0.15, -0.1) is 0 Å². The first-order chi connectivity index (χ1) is 9.67. The molecule has 2 aliphatic heterocycles. The molecule has 0 aliphatic carbocycles. The predicted molar refractivity (Wildman–Crippen MR) is 81.1 cm³/mol. The van der Waals surface area contributed by atoms with Crippen LogP contribution in [0.3, 0.4) is 0 Å². The monoisotopic (exact) mass is 275 g/mol. The highest BCUT2D eigenvalue weighted by Gasteiger charge is 2.25. The number of fused-ring (bicyclic) bond motifs is 1. The van der Waals surface area contributed by atoms with Crippen LogP contribution in [-0.4, -0.2) is 66.1 Å². The summed E-state index contributed by atoms with van der Waals surface area (Å²) >= 11 is 0. The molecule has 110 valence electrons. The zero-order valence-electron chi connectivity index (χ0n) is 12.9. The van der Waals surface area contributed by atoms with E-state index in [1.807, 2.05) is 6.92 Å². The highest BCUT2D eigenvalue weighted by atomic mass is 15.3. The topological polar surface area (TPSA) is 35.5 Å². The molecule has 20 heavy (non-hydrogen) atoms. The van der Waals surface area contributed by atoms with Crippen LogP contribution < -0.4 is 4.90 Å². The average Bonchev–Trinajstić information content (AvgIpc) is 2.46. The fourth-order valence-corrected chi connectivity index (χ4v) is 3.20. The summed E-state index contributed by atoms with van der Waals surface area (Å²) in [6, 6.07) is 0. The highest BCUT2D eigenvalue weighted by molar-refractivity contribution is 5.50. The summed E-state index contributed by atoms with van der Waals surface area (Å²) < 4.78 is 0. The van der Waals surface area contributed by atoms with Gasteiger partial charge >= 0.3 is 0 Å². The van der Waals surface area contributed by atoms with Crippen molar-refractivity contribution in [2.45, 2.75) is 26.8 Å². The fraction of sp³-hybridized carbons (Fsp3) is 0.733. The summed E-state index contributed by atoms with van der Waals surface area (Å²) in [6.07, 6.45) is 1.08. The van der Waals surface area contributed by atoms with E-state index in [2.05, 4.69) is 33.7 Å². The van der Waals surface area contributed by atoms with Crippen LogP contribution in [0.15, 0.2) is 0 Å². The largest absolute Gasteiger partial charge is 0.354 e. The molecule has 0 unspecified atom stereocenters. The van der Waals surface area contributed by atoms with E-state index in [1.54, 1.807) is 0 Å². The van der Waals surface area contributed by atoms with Gasteiger partial charge in [-0.2, -0.15) is 0 Å². The highest BCUT2D eigenvalue weighted by Crippen LogP contribution is 2.26. The van der Waals surface area contributed by atoms with Crippen molar-refractivity contribution in [3.05, 3.63) is 17.1 Å². The maximum atomic E-state index is 4.76. The molecule has 0 atom stereocenters. The third-order valence-corrected chi connectivity index (χ3v) is 4.46. The second-order valence-electron chi connectivity index (χ2n) is 5.93. The maximum Gasteiger partial charge on any atom is 0.135 e. The van der Waals surface area contributed by atoms with Crippen LogP contribution in [0.2, 0.25) is 0 Å². The third kappa shape index (κ3) is 2.65. The van der Waals surface area contributed by atoms with E-state index in [-0.39, 0.29) is 0 Å².